The number of rotatable bonds is 8. The minimum Gasteiger partial charge on any atom is -0.494 e. The topological polar surface area (TPSA) is 102 Å². The second-order valence-electron chi connectivity index (χ2n) is 5.12. The van der Waals surface area contributed by atoms with Gasteiger partial charge in [-0.3, -0.25) is 9.59 Å². The Kier molecular flexibility index (Phi) is 7.02. The molecule has 1 rings (SSSR count). The number of carbonyl (C=O) groups excluding carboxylic acids is 2. The Morgan fingerprint density at radius 3 is 2.30 bits per heavy atom. The Morgan fingerprint density at radius 1 is 1.22 bits per heavy atom. The molecule has 1 aromatic carbocycles. The number of amides is 2. The number of carbonyl (C=O) groups is 2. The largest absolute Gasteiger partial charge is 0.494 e. The lowest BCUT2D eigenvalue weighted by Gasteiger charge is -2.17. The van der Waals surface area contributed by atoms with Gasteiger partial charge in [0.2, 0.25) is 11.8 Å². The standard InChI is InChI=1S/C15H22N2O5S/c1-4-22-13-7-5-12(6-8-13)17-15(19)14(16-11(2)18)9-10-23(3,20)21/h5-8,14H,4,9-10H2,1-3H3,(H,16,18)(H,17,19)/t14-/m0/s1. The summed E-state index contributed by atoms with van der Waals surface area (Å²) in [6.45, 7) is 3.69. The van der Waals surface area contributed by atoms with Gasteiger partial charge in [0.25, 0.3) is 0 Å². The van der Waals surface area contributed by atoms with Gasteiger partial charge in [0.15, 0.2) is 0 Å². The summed E-state index contributed by atoms with van der Waals surface area (Å²) in [6.07, 6.45) is 1.10. The molecule has 0 bridgehead atoms. The summed E-state index contributed by atoms with van der Waals surface area (Å²) in [5.41, 5.74) is 0.535. The number of benzene rings is 1. The lowest BCUT2D eigenvalue weighted by Crippen LogP contribution is -2.43. The van der Waals surface area contributed by atoms with Crippen LogP contribution < -0.4 is 15.4 Å². The molecule has 0 aliphatic carbocycles. The normalized spacial score (nSPS) is 12.3. The summed E-state index contributed by atoms with van der Waals surface area (Å²) < 4.78 is 27.8. The van der Waals surface area contributed by atoms with E-state index in [0.29, 0.717) is 18.0 Å². The van der Waals surface area contributed by atoms with Crippen molar-refractivity contribution in [3.63, 3.8) is 0 Å². The van der Waals surface area contributed by atoms with E-state index in [-0.39, 0.29) is 12.2 Å². The maximum Gasteiger partial charge on any atom is 0.246 e. The van der Waals surface area contributed by atoms with Crippen LogP contribution in [0.3, 0.4) is 0 Å². The highest BCUT2D eigenvalue weighted by molar-refractivity contribution is 7.90. The molecular weight excluding hydrogens is 320 g/mol. The van der Waals surface area contributed by atoms with E-state index in [4.69, 9.17) is 4.74 Å². The van der Waals surface area contributed by atoms with Crippen LogP contribution in [0.5, 0.6) is 5.75 Å². The Labute approximate surface area is 136 Å². The summed E-state index contributed by atoms with van der Waals surface area (Å²) in [6, 6.07) is 5.86. The number of sulfone groups is 1. The molecule has 0 aliphatic rings. The molecule has 2 N–H and O–H groups in total. The molecule has 2 amide bonds. The van der Waals surface area contributed by atoms with Gasteiger partial charge < -0.3 is 15.4 Å². The van der Waals surface area contributed by atoms with Crippen LogP contribution in [0.1, 0.15) is 20.3 Å². The lowest BCUT2D eigenvalue weighted by atomic mass is 10.2. The van der Waals surface area contributed by atoms with Crippen LogP contribution in [0.25, 0.3) is 0 Å². The van der Waals surface area contributed by atoms with E-state index in [1.165, 1.54) is 6.92 Å². The molecule has 8 heteroatoms. The molecule has 0 saturated carbocycles. The molecule has 7 nitrogen and oxygen atoms in total. The maximum atomic E-state index is 12.2. The van der Waals surface area contributed by atoms with E-state index < -0.39 is 27.7 Å². The summed E-state index contributed by atoms with van der Waals surface area (Å²) in [4.78, 5) is 23.4. The van der Waals surface area contributed by atoms with Gasteiger partial charge in [-0.05, 0) is 37.6 Å². The van der Waals surface area contributed by atoms with Gasteiger partial charge in [-0.2, -0.15) is 0 Å². The number of hydrogen-bond acceptors (Lipinski definition) is 5. The Bertz CT molecular complexity index is 640. The van der Waals surface area contributed by atoms with Gasteiger partial charge in [0.1, 0.15) is 21.6 Å². The first-order valence-corrected chi connectivity index (χ1v) is 9.26. The highest BCUT2D eigenvalue weighted by Crippen LogP contribution is 2.16. The molecule has 0 heterocycles. The van der Waals surface area contributed by atoms with Crippen LogP contribution in [-0.4, -0.2) is 44.9 Å². The molecule has 0 spiro atoms. The van der Waals surface area contributed by atoms with Gasteiger partial charge in [-0.25, -0.2) is 8.42 Å². The van der Waals surface area contributed by atoms with Crippen molar-refractivity contribution >= 4 is 27.3 Å². The molecule has 0 saturated heterocycles. The molecule has 0 fully saturated rings. The van der Waals surface area contributed by atoms with Crippen molar-refractivity contribution in [2.24, 2.45) is 0 Å². The Morgan fingerprint density at radius 2 is 1.83 bits per heavy atom. The summed E-state index contributed by atoms with van der Waals surface area (Å²) in [5, 5.41) is 5.11. The first-order valence-electron chi connectivity index (χ1n) is 7.20. The fourth-order valence-electron chi connectivity index (χ4n) is 1.88. The SMILES string of the molecule is CCOc1ccc(NC(=O)[C@H](CCS(C)(=O)=O)NC(C)=O)cc1. The van der Waals surface area contributed by atoms with Crippen molar-refractivity contribution in [3.8, 4) is 5.75 Å². The molecule has 1 atom stereocenters. The van der Waals surface area contributed by atoms with Crippen LogP contribution in [0.15, 0.2) is 24.3 Å². The van der Waals surface area contributed by atoms with E-state index in [1.54, 1.807) is 24.3 Å². The van der Waals surface area contributed by atoms with Crippen molar-refractivity contribution in [3.05, 3.63) is 24.3 Å². The lowest BCUT2D eigenvalue weighted by molar-refractivity contribution is -0.125. The highest BCUT2D eigenvalue weighted by Gasteiger charge is 2.21. The second kappa shape index (κ2) is 8.52. The fourth-order valence-corrected chi connectivity index (χ4v) is 2.54. The number of hydrogen-bond donors (Lipinski definition) is 2. The van der Waals surface area contributed by atoms with Gasteiger partial charge in [-0.15, -0.1) is 0 Å². The minimum atomic E-state index is -3.22. The molecule has 1 aromatic rings. The summed E-state index contributed by atoms with van der Waals surface area (Å²) >= 11 is 0. The zero-order valence-corrected chi connectivity index (χ0v) is 14.3. The average Bonchev–Trinajstić information content (AvgIpc) is 2.44. The smallest absolute Gasteiger partial charge is 0.246 e. The summed E-state index contributed by atoms with van der Waals surface area (Å²) in [7, 11) is -3.22. The van der Waals surface area contributed by atoms with E-state index in [1.807, 2.05) is 6.92 Å². The minimum absolute atomic E-state index is 0.0152. The van der Waals surface area contributed by atoms with Gasteiger partial charge in [0.05, 0.1) is 12.4 Å². The van der Waals surface area contributed by atoms with Gasteiger partial charge in [-0.1, -0.05) is 0 Å². The van der Waals surface area contributed by atoms with Gasteiger partial charge >= 0.3 is 0 Å². The van der Waals surface area contributed by atoms with Crippen molar-refractivity contribution in [1.82, 2.24) is 5.32 Å². The Hall–Kier alpha value is -2.09. The van der Waals surface area contributed by atoms with Crippen LogP contribution in [-0.2, 0) is 19.4 Å². The Balaban J connectivity index is 2.73. The average molecular weight is 342 g/mol. The molecule has 0 unspecified atom stereocenters. The van der Waals surface area contributed by atoms with Crippen molar-refractivity contribution in [2.45, 2.75) is 26.3 Å². The zero-order chi connectivity index (χ0) is 17.5. The summed E-state index contributed by atoms with van der Waals surface area (Å²) in [5.74, 6) is -0.367. The second-order valence-corrected chi connectivity index (χ2v) is 7.38. The van der Waals surface area contributed by atoms with Crippen LogP contribution in [0, 0.1) is 0 Å². The first kappa shape index (κ1) is 19.0. The fraction of sp³-hybridized carbons (Fsp3) is 0.467. The van der Waals surface area contributed by atoms with Crippen molar-refractivity contribution in [2.75, 3.05) is 23.9 Å². The van der Waals surface area contributed by atoms with Crippen molar-refractivity contribution < 1.29 is 22.7 Å². The van der Waals surface area contributed by atoms with Crippen LogP contribution >= 0.6 is 0 Å². The zero-order valence-electron chi connectivity index (χ0n) is 13.5. The third-order valence-corrected chi connectivity index (χ3v) is 3.88. The van der Waals surface area contributed by atoms with Crippen molar-refractivity contribution in [1.29, 1.82) is 0 Å². The molecule has 0 radical (unpaired) electrons. The van der Waals surface area contributed by atoms with Crippen LogP contribution in [0.2, 0.25) is 0 Å². The third kappa shape index (κ3) is 7.64. The van der Waals surface area contributed by atoms with E-state index in [2.05, 4.69) is 10.6 Å². The highest BCUT2D eigenvalue weighted by atomic mass is 32.2. The van der Waals surface area contributed by atoms with E-state index in [0.717, 1.165) is 6.26 Å². The molecule has 0 aromatic heterocycles. The quantitative estimate of drug-likeness (QED) is 0.733. The van der Waals surface area contributed by atoms with Gasteiger partial charge in [0, 0.05) is 18.9 Å². The maximum absolute atomic E-state index is 12.2. The monoisotopic (exact) mass is 342 g/mol. The third-order valence-electron chi connectivity index (χ3n) is 2.90. The molecule has 0 aliphatic heterocycles. The molecular formula is C15H22N2O5S. The predicted molar refractivity (Wildman–Crippen MR) is 88.2 cm³/mol. The molecule has 128 valence electrons. The van der Waals surface area contributed by atoms with E-state index >= 15 is 0 Å². The number of ether oxygens (including phenoxy) is 1. The van der Waals surface area contributed by atoms with E-state index in [9.17, 15) is 18.0 Å². The van der Waals surface area contributed by atoms with Crippen LogP contribution in [0.4, 0.5) is 5.69 Å². The number of nitrogens with one attached hydrogen (secondary N) is 2. The predicted octanol–water partition coefficient (Wildman–Crippen LogP) is 0.963. The number of anilines is 1. The molecule has 23 heavy (non-hydrogen) atoms. The first-order chi connectivity index (χ1) is 10.7.